The van der Waals surface area contributed by atoms with E-state index in [0.717, 1.165) is 0 Å². The van der Waals surface area contributed by atoms with Gasteiger partial charge >= 0.3 is 5.97 Å². The molecule has 84 valence electrons. The van der Waals surface area contributed by atoms with Crippen molar-refractivity contribution in [3.05, 3.63) is 29.3 Å². The van der Waals surface area contributed by atoms with Crippen LogP contribution in [-0.4, -0.2) is 20.2 Å². The first-order chi connectivity index (χ1) is 7.63. The van der Waals surface area contributed by atoms with Crippen molar-refractivity contribution in [2.45, 2.75) is 12.8 Å². The van der Waals surface area contributed by atoms with Gasteiger partial charge in [-0.25, -0.2) is 0 Å². The van der Waals surface area contributed by atoms with Gasteiger partial charge in [0.2, 0.25) is 0 Å². The van der Waals surface area contributed by atoms with E-state index in [4.69, 9.17) is 10.00 Å². The molecule has 0 spiro atoms. The van der Waals surface area contributed by atoms with Gasteiger partial charge in [0, 0.05) is 0 Å². The van der Waals surface area contributed by atoms with Crippen molar-refractivity contribution in [3.63, 3.8) is 0 Å². The molecule has 0 bridgehead atoms. The quantitative estimate of drug-likeness (QED) is 0.728. The lowest BCUT2D eigenvalue weighted by molar-refractivity contribution is -0.142. The molecule has 1 rings (SSSR count). The van der Waals surface area contributed by atoms with Crippen LogP contribution in [0, 0.1) is 11.3 Å². The highest BCUT2D eigenvalue weighted by Crippen LogP contribution is 2.25. The Bertz CT molecular complexity index is 434. The highest BCUT2D eigenvalue weighted by Gasteiger charge is 2.19. The number of rotatable bonds is 3. The van der Waals surface area contributed by atoms with Crippen LogP contribution in [0.25, 0.3) is 0 Å². The van der Waals surface area contributed by atoms with Crippen molar-refractivity contribution in [1.82, 2.24) is 0 Å². The normalized spacial score (nSPS) is 11.4. The standard InChI is InChI=1S/C12H13NO3/c1-8(12(14)16-3)11-6-10(15-2)5-4-9(11)7-13/h4-6,8H,1-3H3. The fourth-order valence-electron chi connectivity index (χ4n) is 1.43. The Morgan fingerprint density at radius 2 is 2.12 bits per heavy atom. The fourth-order valence-corrected chi connectivity index (χ4v) is 1.43. The molecule has 0 aliphatic carbocycles. The fraction of sp³-hybridized carbons (Fsp3) is 0.333. The van der Waals surface area contributed by atoms with E-state index in [2.05, 4.69) is 4.74 Å². The van der Waals surface area contributed by atoms with Gasteiger partial charge < -0.3 is 9.47 Å². The molecule has 0 amide bonds. The van der Waals surface area contributed by atoms with Crippen LogP contribution in [0.3, 0.4) is 0 Å². The Morgan fingerprint density at radius 1 is 1.44 bits per heavy atom. The number of ether oxygens (including phenoxy) is 2. The van der Waals surface area contributed by atoms with Crippen LogP contribution in [-0.2, 0) is 9.53 Å². The van der Waals surface area contributed by atoms with E-state index in [1.54, 1.807) is 25.1 Å². The summed E-state index contributed by atoms with van der Waals surface area (Å²) in [4.78, 5) is 11.4. The van der Waals surface area contributed by atoms with Gasteiger partial charge in [-0.2, -0.15) is 5.26 Å². The maximum absolute atomic E-state index is 11.4. The first kappa shape index (κ1) is 12.1. The van der Waals surface area contributed by atoms with Gasteiger partial charge in [-0.1, -0.05) is 0 Å². The lowest BCUT2D eigenvalue weighted by Crippen LogP contribution is -2.12. The second-order valence-corrected chi connectivity index (χ2v) is 3.31. The first-order valence-corrected chi connectivity index (χ1v) is 4.80. The molecule has 0 aliphatic rings. The minimum absolute atomic E-state index is 0.371. The van der Waals surface area contributed by atoms with Gasteiger partial charge in [0.05, 0.1) is 31.8 Å². The van der Waals surface area contributed by atoms with Gasteiger partial charge in [-0.05, 0) is 30.7 Å². The summed E-state index contributed by atoms with van der Waals surface area (Å²) in [5, 5.41) is 8.94. The van der Waals surface area contributed by atoms with Gasteiger partial charge in [-0.15, -0.1) is 0 Å². The molecule has 1 aromatic carbocycles. The zero-order valence-electron chi connectivity index (χ0n) is 9.48. The molecule has 0 aliphatic heterocycles. The number of esters is 1. The molecule has 0 saturated carbocycles. The zero-order chi connectivity index (χ0) is 12.1. The molecule has 0 heterocycles. The van der Waals surface area contributed by atoms with E-state index in [0.29, 0.717) is 16.9 Å². The average molecular weight is 219 g/mol. The van der Waals surface area contributed by atoms with Crippen LogP contribution in [0.5, 0.6) is 5.75 Å². The summed E-state index contributed by atoms with van der Waals surface area (Å²) in [5.74, 6) is -0.232. The summed E-state index contributed by atoms with van der Waals surface area (Å²) in [6.45, 7) is 1.70. The van der Waals surface area contributed by atoms with Crippen LogP contribution in [0.2, 0.25) is 0 Å². The van der Waals surface area contributed by atoms with Crippen molar-refractivity contribution in [2.75, 3.05) is 14.2 Å². The van der Waals surface area contributed by atoms with Crippen molar-refractivity contribution in [1.29, 1.82) is 5.26 Å². The van der Waals surface area contributed by atoms with Gasteiger partial charge in [0.25, 0.3) is 0 Å². The Balaban J connectivity index is 3.19. The monoisotopic (exact) mass is 219 g/mol. The van der Waals surface area contributed by atoms with Crippen LogP contribution in [0.15, 0.2) is 18.2 Å². The molecule has 0 fully saturated rings. The van der Waals surface area contributed by atoms with Crippen molar-refractivity contribution in [3.8, 4) is 11.8 Å². The van der Waals surface area contributed by atoms with Crippen molar-refractivity contribution in [2.24, 2.45) is 0 Å². The zero-order valence-corrected chi connectivity index (χ0v) is 9.48. The molecule has 0 saturated heterocycles. The molecule has 1 aromatic rings. The van der Waals surface area contributed by atoms with Crippen LogP contribution < -0.4 is 4.74 Å². The minimum atomic E-state index is -0.477. The maximum atomic E-state index is 11.4. The van der Waals surface area contributed by atoms with Gasteiger partial charge in [-0.3, -0.25) is 4.79 Å². The molecular weight excluding hydrogens is 206 g/mol. The van der Waals surface area contributed by atoms with Crippen molar-refractivity contribution >= 4 is 5.97 Å². The highest BCUT2D eigenvalue weighted by molar-refractivity contribution is 5.78. The molecular formula is C12H13NO3. The van der Waals surface area contributed by atoms with Crippen LogP contribution in [0.4, 0.5) is 0 Å². The number of carbonyl (C=O) groups is 1. The van der Waals surface area contributed by atoms with Crippen LogP contribution >= 0.6 is 0 Å². The summed E-state index contributed by atoms with van der Waals surface area (Å²) >= 11 is 0. The van der Waals surface area contributed by atoms with E-state index >= 15 is 0 Å². The predicted octanol–water partition coefficient (Wildman–Crippen LogP) is 1.84. The average Bonchev–Trinajstić information content (AvgIpc) is 2.35. The lowest BCUT2D eigenvalue weighted by Gasteiger charge is -2.12. The second-order valence-electron chi connectivity index (χ2n) is 3.31. The molecule has 4 heteroatoms. The summed E-state index contributed by atoms with van der Waals surface area (Å²) in [5.41, 5.74) is 1.08. The number of benzene rings is 1. The summed E-state index contributed by atoms with van der Waals surface area (Å²) < 4.78 is 9.71. The molecule has 0 radical (unpaired) electrons. The third kappa shape index (κ3) is 2.31. The molecule has 0 N–H and O–H groups in total. The molecule has 0 aromatic heterocycles. The summed E-state index contributed by atoms with van der Waals surface area (Å²) in [6.07, 6.45) is 0. The molecule has 4 nitrogen and oxygen atoms in total. The van der Waals surface area contributed by atoms with Crippen molar-refractivity contribution < 1.29 is 14.3 Å². The minimum Gasteiger partial charge on any atom is -0.497 e. The molecule has 1 atom stereocenters. The number of nitriles is 1. The molecule has 1 unspecified atom stereocenters. The Kier molecular flexibility index (Phi) is 3.90. The first-order valence-electron chi connectivity index (χ1n) is 4.80. The second kappa shape index (κ2) is 5.17. The summed E-state index contributed by atoms with van der Waals surface area (Å²) in [7, 11) is 2.86. The number of carbonyl (C=O) groups excluding carboxylic acids is 1. The highest BCUT2D eigenvalue weighted by atomic mass is 16.5. The van der Waals surface area contributed by atoms with Gasteiger partial charge in [0.1, 0.15) is 5.75 Å². The SMILES string of the molecule is COC(=O)C(C)c1cc(OC)ccc1C#N. The Hall–Kier alpha value is -2.02. The Labute approximate surface area is 94.4 Å². The molecule has 16 heavy (non-hydrogen) atoms. The third-order valence-electron chi connectivity index (χ3n) is 2.40. The lowest BCUT2D eigenvalue weighted by atomic mass is 9.96. The topological polar surface area (TPSA) is 59.3 Å². The maximum Gasteiger partial charge on any atom is 0.312 e. The van der Waals surface area contributed by atoms with E-state index in [1.807, 2.05) is 6.07 Å². The summed E-state index contributed by atoms with van der Waals surface area (Å²) in [6, 6.07) is 7.04. The number of methoxy groups -OCH3 is 2. The third-order valence-corrected chi connectivity index (χ3v) is 2.40. The van der Waals surface area contributed by atoms with E-state index < -0.39 is 5.92 Å². The number of hydrogen-bond acceptors (Lipinski definition) is 4. The van der Waals surface area contributed by atoms with E-state index in [1.165, 1.54) is 14.2 Å². The van der Waals surface area contributed by atoms with E-state index in [9.17, 15) is 4.79 Å². The predicted molar refractivity (Wildman–Crippen MR) is 58.1 cm³/mol. The van der Waals surface area contributed by atoms with E-state index in [-0.39, 0.29) is 5.97 Å². The number of nitrogens with zero attached hydrogens (tertiary/aromatic N) is 1. The van der Waals surface area contributed by atoms with Gasteiger partial charge in [0.15, 0.2) is 0 Å². The number of hydrogen-bond donors (Lipinski definition) is 0. The Morgan fingerprint density at radius 3 is 2.62 bits per heavy atom. The largest absolute Gasteiger partial charge is 0.497 e. The smallest absolute Gasteiger partial charge is 0.312 e. The van der Waals surface area contributed by atoms with Crippen LogP contribution in [0.1, 0.15) is 24.0 Å².